The molecule has 0 radical (unpaired) electrons. The predicted molar refractivity (Wildman–Crippen MR) is 92.9 cm³/mol. The molecule has 2 fully saturated rings. The zero-order valence-electron chi connectivity index (χ0n) is 14.9. The van der Waals surface area contributed by atoms with Crippen molar-refractivity contribution in [2.24, 2.45) is 5.41 Å². The summed E-state index contributed by atoms with van der Waals surface area (Å²) in [6.07, 6.45) is 6.06. The molecule has 7 nitrogen and oxygen atoms in total. The van der Waals surface area contributed by atoms with Gasteiger partial charge in [0.15, 0.2) is 0 Å². The summed E-state index contributed by atoms with van der Waals surface area (Å²) < 4.78 is 17.1. The second-order valence-corrected chi connectivity index (χ2v) is 7.09. The van der Waals surface area contributed by atoms with Gasteiger partial charge in [0.1, 0.15) is 11.3 Å². The van der Waals surface area contributed by atoms with Crippen LogP contribution in [0.25, 0.3) is 0 Å². The van der Waals surface area contributed by atoms with Crippen molar-refractivity contribution in [3.63, 3.8) is 0 Å². The first kappa shape index (κ1) is 17.0. The number of aromatic nitrogens is 2. The van der Waals surface area contributed by atoms with Gasteiger partial charge in [-0.15, -0.1) is 0 Å². The fourth-order valence-corrected chi connectivity index (χ4v) is 4.00. The minimum absolute atomic E-state index is 0.0371. The number of likely N-dealkylation sites (tertiary alicyclic amines) is 1. The Hall–Kier alpha value is -2.41. The number of fused-ring (bicyclic) bond motifs is 1. The Balaban J connectivity index is 1.53. The summed E-state index contributed by atoms with van der Waals surface area (Å²) >= 11 is 0. The van der Waals surface area contributed by atoms with Gasteiger partial charge in [0, 0.05) is 37.4 Å². The quantitative estimate of drug-likeness (QED) is 0.836. The fourth-order valence-electron chi connectivity index (χ4n) is 4.00. The standard InChI is InChI=1S/C19H23N3O4/c1-14-15(11-21-26-14)18(23)22-9-6-16-19(12-22,7-4-10-24-16)13-25-17-5-2-3-8-20-17/h2-3,5,8,11,16H,4,6-7,9-10,12-13H2,1H3/t16-,19+/m0/s1. The van der Waals surface area contributed by atoms with Gasteiger partial charge >= 0.3 is 0 Å². The molecular weight excluding hydrogens is 334 g/mol. The maximum absolute atomic E-state index is 12.9. The third kappa shape index (κ3) is 3.19. The van der Waals surface area contributed by atoms with Crippen molar-refractivity contribution in [2.45, 2.75) is 32.3 Å². The molecule has 1 amide bonds. The van der Waals surface area contributed by atoms with Crippen molar-refractivity contribution in [2.75, 3.05) is 26.3 Å². The van der Waals surface area contributed by atoms with E-state index in [1.165, 1.54) is 6.20 Å². The van der Waals surface area contributed by atoms with Gasteiger partial charge in [0.05, 0.1) is 18.9 Å². The molecule has 0 unspecified atom stereocenters. The van der Waals surface area contributed by atoms with Gasteiger partial charge < -0.3 is 18.9 Å². The number of carbonyl (C=O) groups is 1. The van der Waals surface area contributed by atoms with Gasteiger partial charge in [0.2, 0.25) is 5.88 Å². The van der Waals surface area contributed by atoms with Crippen LogP contribution < -0.4 is 4.74 Å². The Morgan fingerprint density at radius 2 is 2.38 bits per heavy atom. The zero-order valence-corrected chi connectivity index (χ0v) is 14.9. The molecular formula is C19H23N3O4. The van der Waals surface area contributed by atoms with Crippen LogP contribution in [0.5, 0.6) is 5.88 Å². The molecule has 26 heavy (non-hydrogen) atoms. The van der Waals surface area contributed by atoms with E-state index in [1.54, 1.807) is 13.1 Å². The summed E-state index contributed by atoms with van der Waals surface area (Å²) in [6, 6.07) is 5.61. The van der Waals surface area contributed by atoms with E-state index in [0.717, 1.165) is 25.9 Å². The number of hydrogen-bond donors (Lipinski definition) is 0. The van der Waals surface area contributed by atoms with E-state index < -0.39 is 0 Å². The molecule has 138 valence electrons. The second-order valence-electron chi connectivity index (χ2n) is 7.09. The van der Waals surface area contributed by atoms with Crippen LogP contribution in [0.4, 0.5) is 0 Å². The smallest absolute Gasteiger partial charge is 0.259 e. The molecule has 2 aliphatic heterocycles. The first-order chi connectivity index (χ1) is 12.7. The molecule has 4 heterocycles. The number of aryl methyl sites for hydroxylation is 1. The molecule has 0 saturated carbocycles. The number of nitrogens with zero attached hydrogens (tertiary/aromatic N) is 3. The number of carbonyl (C=O) groups excluding carboxylic acids is 1. The maximum atomic E-state index is 12.9. The highest BCUT2D eigenvalue weighted by atomic mass is 16.5. The summed E-state index contributed by atoms with van der Waals surface area (Å²) in [4.78, 5) is 19.0. The molecule has 0 N–H and O–H groups in total. The van der Waals surface area contributed by atoms with Crippen LogP contribution in [0.1, 0.15) is 35.4 Å². The number of hydrogen-bond acceptors (Lipinski definition) is 6. The summed E-state index contributed by atoms with van der Waals surface area (Å²) in [5.41, 5.74) is 0.315. The molecule has 2 aromatic heterocycles. The molecule has 7 heteroatoms. The number of amides is 1. The van der Waals surface area contributed by atoms with Gasteiger partial charge in [-0.25, -0.2) is 4.98 Å². The molecule has 0 aromatic carbocycles. The van der Waals surface area contributed by atoms with Crippen molar-refractivity contribution in [3.05, 3.63) is 41.9 Å². The van der Waals surface area contributed by atoms with Crippen molar-refractivity contribution in [3.8, 4) is 5.88 Å². The van der Waals surface area contributed by atoms with Gasteiger partial charge in [0.25, 0.3) is 5.91 Å². The first-order valence-electron chi connectivity index (χ1n) is 9.04. The Kier molecular flexibility index (Phi) is 4.63. The number of pyridine rings is 1. The Bertz CT molecular complexity index is 763. The number of piperidine rings is 1. The Morgan fingerprint density at radius 3 is 3.15 bits per heavy atom. The van der Waals surface area contributed by atoms with Crippen LogP contribution in [0.15, 0.2) is 35.1 Å². The maximum Gasteiger partial charge on any atom is 0.259 e. The van der Waals surface area contributed by atoms with Crippen LogP contribution >= 0.6 is 0 Å². The lowest BCUT2D eigenvalue weighted by Gasteiger charge is -2.50. The highest BCUT2D eigenvalue weighted by molar-refractivity contribution is 5.94. The van der Waals surface area contributed by atoms with E-state index in [0.29, 0.717) is 36.9 Å². The van der Waals surface area contributed by atoms with Gasteiger partial charge in [-0.05, 0) is 32.3 Å². The van der Waals surface area contributed by atoms with E-state index in [2.05, 4.69) is 10.1 Å². The highest BCUT2D eigenvalue weighted by Crippen LogP contribution is 2.41. The molecule has 0 aliphatic carbocycles. The van der Waals surface area contributed by atoms with Crippen molar-refractivity contribution < 1.29 is 18.8 Å². The lowest BCUT2D eigenvalue weighted by molar-refractivity contribution is -0.133. The van der Waals surface area contributed by atoms with E-state index >= 15 is 0 Å². The van der Waals surface area contributed by atoms with E-state index in [4.69, 9.17) is 14.0 Å². The van der Waals surface area contributed by atoms with Crippen molar-refractivity contribution in [1.29, 1.82) is 0 Å². The topological polar surface area (TPSA) is 77.7 Å². The van der Waals surface area contributed by atoms with Gasteiger partial charge in [-0.3, -0.25) is 4.79 Å². The van der Waals surface area contributed by atoms with Gasteiger partial charge in [-0.2, -0.15) is 0 Å². The monoisotopic (exact) mass is 357 g/mol. The minimum atomic E-state index is -0.214. The zero-order chi connectivity index (χ0) is 18.0. The molecule has 0 spiro atoms. The third-order valence-corrected chi connectivity index (χ3v) is 5.40. The van der Waals surface area contributed by atoms with Crippen molar-refractivity contribution >= 4 is 5.91 Å². The number of ether oxygens (including phenoxy) is 2. The van der Waals surface area contributed by atoms with Crippen LogP contribution in [0, 0.1) is 12.3 Å². The normalized spacial score (nSPS) is 25.6. The Labute approximate surface area is 152 Å². The average Bonchev–Trinajstić information content (AvgIpc) is 3.12. The van der Waals surface area contributed by atoms with E-state index in [-0.39, 0.29) is 17.4 Å². The molecule has 4 rings (SSSR count). The summed E-state index contributed by atoms with van der Waals surface area (Å²) in [5, 5.41) is 3.73. The van der Waals surface area contributed by atoms with E-state index in [9.17, 15) is 4.79 Å². The van der Waals surface area contributed by atoms with Crippen LogP contribution in [0.2, 0.25) is 0 Å². The Morgan fingerprint density at radius 1 is 1.46 bits per heavy atom. The first-order valence-corrected chi connectivity index (χ1v) is 9.04. The summed E-state index contributed by atoms with van der Waals surface area (Å²) in [7, 11) is 0. The molecule has 2 atom stereocenters. The SMILES string of the molecule is Cc1oncc1C(=O)N1CC[C@@H]2OCCC[C@]2(COc2ccccn2)C1. The summed E-state index contributed by atoms with van der Waals surface area (Å²) in [6.45, 7) is 4.29. The second kappa shape index (κ2) is 7.07. The van der Waals surface area contributed by atoms with E-state index in [1.807, 2.05) is 23.1 Å². The summed E-state index contributed by atoms with van der Waals surface area (Å²) in [5.74, 6) is 1.12. The predicted octanol–water partition coefficient (Wildman–Crippen LogP) is 2.47. The lowest BCUT2D eigenvalue weighted by atomic mass is 9.73. The largest absolute Gasteiger partial charge is 0.477 e. The highest BCUT2D eigenvalue weighted by Gasteiger charge is 2.48. The molecule has 2 saturated heterocycles. The van der Waals surface area contributed by atoms with Crippen molar-refractivity contribution in [1.82, 2.24) is 15.0 Å². The molecule has 2 aliphatic rings. The van der Waals surface area contributed by atoms with Crippen LogP contribution in [0.3, 0.4) is 0 Å². The number of rotatable bonds is 4. The molecule has 2 aromatic rings. The lowest BCUT2D eigenvalue weighted by Crippen LogP contribution is -2.58. The van der Waals surface area contributed by atoms with Gasteiger partial charge in [-0.1, -0.05) is 11.2 Å². The van der Waals surface area contributed by atoms with Crippen LogP contribution in [-0.4, -0.2) is 53.4 Å². The van der Waals surface area contributed by atoms with Crippen LogP contribution in [-0.2, 0) is 4.74 Å². The average molecular weight is 357 g/mol. The third-order valence-electron chi connectivity index (χ3n) is 5.40. The minimum Gasteiger partial charge on any atom is -0.477 e. The fraction of sp³-hybridized carbons (Fsp3) is 0.526. The molecule has 0 bridgehead atoms.